The average molecular weight is 991 g/mol. The number of allylic oxidation sites excluding steroid dienone is 24. The van der Waals surface area contributed by atoms with Gasteiger partial charge in [-0.15, -0.1) is 0 Å². The van der Waals surface area contributed by atoms with Crippen LogP contribution in [0.1, 0.15) is 168 Å². The van der Waals surface area contributed by atoms with Gasteiger partial charge in [0, 0.05) is 12.8 Å². The van der Waals surface area contributed by atoms with Crippen molar-refractivity contribution in [2.45, 2.75) is 174 Å². The van der Waals surface area contributed by atoms with Crippen molar-refractivity contribution in [3.8, 4) is 0 Å². The monoisotopic (exact) mass is 991 g/mol. The molecule has 70 heavy (non-hydrogen) atoms. The van der Waals surface area contributed by atoms with E-state index in [1.165, 1.54) is 19.3 Å². The van der Waals surface area contributed by atoms with Gasteiger partial charge in [-0.2, -0.15) is 0 Å². The molecule has 394 valence electrons. The van der Waals surface area contributed by atoms with Crippen molar-refractivity contribution in [2.24, 2.45) is 0 Å². The summed E-state index contributed by atoms with van der Waals surface area (Å²) < 4.78 is 34.4. The Balaban J connectivity index is 4.40. The Morgan fingerprint density at radius 3 is 1.19 bits per heavy atom. The first-order chi connectivity index (χ1) is 34.0. The van der Waals surface area contributed by atoms with Gasteiger partial charge >= 0.3 is 19.8 Å². The van der Waals surface area contributed by atoms with Gasteiger partial charge in [-0.05, 0) is 109 Å². The molecule has 0 aliphatic heterocycles. The minimum Gasteiger partial charge on any atom is -0.462 e. The van der Waals surface area contributed by atoms with E-state index >= 15 is 0 Å². The average Bonchev–Trinajstić information content (AvgIpc) is 3.32. The molecule has 2 unspecified atom stereocenters. The molecular weight excluding hydrogens is 894 g/mol. The number of hydrogen-bond donors (Lipinski definition) is 1. The van der Waals surface area contributed by atoms with Crippen LogP contribution < -0.4 is 0 Å². The molecule has 0 spiro atoms. The summed E-state index contributed by atoms with van der Waals surface area (Å²) in [5.74, 6) is -0.894. The summed E-state index contributed by atoms with van der Waals surface area (Å²) in [6.07, 6.45) is 73.4. The summed E-state index contributed by atoms with van der Waals surface area (Å²) in [7, 11) is 1.41. The molecule has 0 heterocycles. The lowest BCUT2D eigenvalue weighted by molar-refractivity contribution is -0.870. The topological polar surface area (TPSA) is 108 Å². The molecule has 0 aromatic rings. The highest BCUT2D eigenvalue weighted by Gasteiger charge is 2.27. The number of phosphoric acid groups is 1. The van der Waals surface area contributed by atoms with E-state index in [0.717, 1.165) is 103 Å². The molecular formula is C60H97NO8P+. The number of nitrogens with zero attached hydrogens (tertiary/aromatic N) is 1. The Morgan fingerprint density at radius 1 is 0.443 bits per heavy atom. The molecule has 9 nitrogen and oxygen atoms in total. The van der Waals surface area contributed by atoms with E-state index in [0.29, 0.717) is 30.3 Å². The lowest BCUT2D eigenvalue weighted by atomic mass is 10.1. The number of ether oxygens (including phenoxy) is 2. The van der Waals surface area contributed by atoms with Gasteiger partial charge in [-0.25, -0.2) is 4.57 Å². The number of esters is 2. The second-order valence-corrected chi connectivity index (χ2v) is 19.6. The van der Waals surface area contributed by atoms with E-state index in [4.69, 9.17) is 18.5 Å². The van der Waals surface area contributed by atoms with Gasteiger partial charge in [0.15, 0.2) is 6.10 Å². The molecule has 0 aliphatic rings. The fourth-order valence-corrected chi connectivity index (χ4v) is 7.06. The molecule has 0 aliphatic carbocycles. The Labute approximate surface area is 427 Å². The van der Waals surface area contributed by atoms with E-state index in [9.17, 15) is 19.0 Å². The van der Waals surface area contributed by atoms with Crippen molar-refractivity contribution in [1.82, 2.24) is 0 Å². The van der Waals surface area contributed by atoms with Crippen LogP contribution in [0.5, 0.6) is 0 Å². The SMILES string of the molecule is CC/C=C\C/C=C\C/C=C\C/C=C\C/C=C\C/C=C\C/C=C\C/C=C\C/C=C\CCCC(=O)OC(COC(=O)CCCCCCCCC/C=C\C/C=C\C/C=C\CC)COP(=O)(O)OCC[N+](C)(C)C. The van der Waals surface area contributed by atoms with Crippen LogP contribution in [0.25, 0.3) is 0 Å². The molecule has 0 rings (SSSR count). The fourth-order valence-electron chi connectivity index (χ4n) is 6.32. The van der Waals surface area contributed by atoms with Crippen LogP contribution in [-0.4, -0.2) is 74.9 Å². The highest BCUT2D eigenvalue weighted by Crippen LogP contribution is 2.43. The normalized spacial score (nSPS) is 14.5. The number of quaternary nitrogens is 1. The van der Waals surface area contributed by atoms with Gasteiger partial charge in [-0.3, -0.25) is 18.6 Å². The maximum absolute atomic E-state index is 12.8. The van der Waals surface area contributed by atoms with E-state index in [-0.39, 0.29) is 26.1 Å². The Kier molecular flexibility index (Phi) is 46.9. The maximum atomic E-state index is 12.8. The number of carbonyl (C=O) groups is 2. The molecule has 1 N–H and O–H groups in total. The zero-order chi connectivity index (χ0) is 51.3. The zero-order valence-corrected chi connectivity index (χ0v) is 45.3. The van der Waals surface area contributed by atoms with Crippen LogP contribution in [0.2, 0.25) is 0 Å². The standard InChI is InChI=1S/C60H96NO8P/c1-6-8-10-12-14-16-18-20-22-24-25-26-27-28-29-30-31-32-33-34-35-37-39-41-43-45-47-49-51-53-60(63)69-58(57-68-70(64,65)67-55-54-61(3,4)5)56-66-59(62)52-50-48-46-44-42-40-38-36-23-21-19-17-15-13-11-9-7-2/h8-11,14-17,20-23,25-26,28-29,31-32,34-35,39,41,45,47,58H,6-7,12-13,18-19,24,27,30,33,36-38,40,42-44,46,48-57H2,1-5H3/p+1/b10-8-,11-9-,16-14-,17-15-,22-20-,23-21-,26-25-,29-28-,32-31-,35-34-,41-39-,47-45-. The molecule has 0 saturated carbocycles. The molecule has 0 amide bonds. The van der Waals surface area contributed by atoms with Gasteiger partial charge in [0.1, 0.15) is 19.8 Å². The van der Waals surface area contributed by atoms with Gasteiger partial charge in [0.25, 0.3) is 0 Å². The smallest absolute Gasteiger partial charge is 0.462 e. The van der Waals surface area contributed by atoms with Gasteiger partial charge < -0.3 is 18.9 Å². The fraction of sp³-hybridized carbons (Fsp3) is 0.567. The maximum Gasteiger partial charge on any atom is 0.472 e. The first-order valence-electron chi connectivity index (χ1n) is 26.6. The predicted octanol–water partition coefficient (Wildman–Crippen LogP) is 16.4. The van der Waals surface area contributed by atoms with Gasteiger partial charge in [0.05, 0.1) is 27.7 Å². The molecule has 0 aromatic heterocycles. The van der Waals surface area contributed by atoms with Crippen molar-refractivity contribution < 1.29 is 42.1 Å². The van der Waals surface area contributed by atoms with Crippen molar-refractivity contribution in [1.29, 1.82) is 0 Å². The number of phosphoric ester groups is 1. The third-order valence-corrected chi connectivity index (χ3v) is 11.3. The van der Waals surface area contributed by atoms with Crippen LogP contribution in [0.15, 0.2) is 146 Å². The third kappa shape index (κ3) is 53.2. The van der Waals surface area contributed by atoms with Crippen molar-refractivity contribution >= 4 is 19.8 Å². The molecule has 0 aromatic carbocycles. The first-order valence-corrected chi connectivity index (χ1v) is 28.1. The van der Waals surface area contributed by atoms with E-state index in [1.54, 1.807) is 0 Å². The van der Waals surface area contributed by atoms with E-state index in [1.807, 2.05) is 27.2 Å². The lowest BCUT2D eigenvalue weighted by Crippen LogP contribution is -2.37. The van der Waals surface area contributed by atoms with E-state index < -0.39 is 32.5 Å². The first kappa shape index (κ1) is 65.9. The Hall–Kier alpha value is -4.11. The summed E-state index contributed by atoms with van der Waals surface area (Å²) >= 11 is 0. The van der Waals surface area contributed by atoms with E-state index in [2.05, 4.69) is 154 Å². The van der Waals surface area contributed by atoms with Crippen molar-refractivity contribution in [3.05, 3.63) is 146 Å². The molecule has 0 radical (unpaired) electrons. The minimum atomic E-state index is -4.41. The van der Waals surface area contributed by atoms with Gasteiger partial charge in [0.2, 0.25) is 0 Å². The highest BCUT2D eigenvalue weighted by atomic mass is 31.2. The van der Waals surface area contributed by atoms with Crippen LogP contribution in [0.4, 0.5) is 0 Å². The lowest BCUT2D eigenvalue weighted by Gasteiger charge is -2.24. The number of likely N-dealkylation sites (N-methyl/N-ethyl adjacent to an activating group) is 1. The van der Waals surface area contributed by atoms with Crippen LogP contribution in [0, 0.1) is 0 Å². The minimum absolute atomic E-state index is 0.00988. The number of hydrogen-bond acceptors (Lipinski definition) is 7. The Morgan fingerprint density at radius 2 is 0.786 bits per heavy atom. The summed E-state index contributed by atoms with van der Waals surface area (Å²) in [5, 5.41) is 0. The summed E-state index contributed by atoms with van der Waals surface area (Å²) in [5.41, 5.74) is 0. The second kappa shape index (κ2) is 49.9. The second-order valence-electron chi connectivity index (χ2n) is 18.1. The summed E-state index contributed by atoms with van der Waals surface area (Å²) in [6, 6.07) is 0. The Bertz CT molecular complexity index is 1690. The molecule has 0 saturated heterocycles. The molecule has 0 fully saturated rings. The third-order valence-electron chi connectivity index (χ3n) is 10.4. The summed E-state index contributed by atoms with van der Waals surface area (Å²) in [4.78, 5) is 35.6. The van der Waals surface area contributed by atoms with Gasteiger partial charge in [-0.1, -0.05) is 192 Å². The summed E-state index contributed by atoms with van der Waals surface area (Å²) in [6.45, 7) is 4.09. The van der Waals surface area contributed by atoms with Crippen LogP contribution >= 0.6 is 7.82 Å². The van der Waals surface area contributed by atoms with Crippen LogP contribution in [0.3, 0.4) is 0 Å². The highest BCUT2D eigenvalue weighted by molar-refractivity contribution is 7.47. The largest absolute Gasteiger partial charge is 0.472 e. The predicted molar refractivity (Wildman–Crippen MR) is 297 cm³/mol. The number of unbranched alkanes of at least 4 members (excludes halogenated alkanes) is 8. The molecule has 10 heteroatoms. The quantitative estimate of drug-likeness (QED) is 0.0211. The number of rotatable bonds is 46. The van der Waals surface area contributed by atoms with Crippen LogP contribution in [-0.2, 0) is 32.7 Å². The zero-order valence-electron chi connectivity index (χ0n) is 44.4. The number of carbonyl (C=O) groups excluding carboxylic acids is 2. The molecule has 0 bridgehead atoms. The van der Waals surface area contributed by atoms with Crippen molar-refractivity contribution in [2.75, 3.05) is 47.5 Å². The van der Waals surface area contributed by atoms with Crippen molar-refractivity contribution in [3.63, 3.8) is 0 Å². The molecule has 2 atom stereocenters.